The minimum absolute atomic E-state index is 0.106. The first-order valence-electron chi connectivity index (χ1n) is 3.93. The number of nitrogens with zero attached hydrogens (tertiary/aromatic N) is 1. The number of benzene rings is 1. The molecule has 0 unspecified atom stereocenters. The molecular weight excluding hydrogens is 152 g/mol. The minimum Gasteiger partial charge on any atom is -0.313 e. The average Bonchev–Trinajstić information content (AvgIpc) is 2.03. The zero-order valence-corrected chi connectivity index (χ0v) is 6.66. The van der Waals surface area contributed by atoms with Gasteiger partial charge in [-0.05, 0) is 12.1 Å². The van der Waals surface area contributed by atoms with Crippen LogP contribution in [0.25, 0.3) is 0 Å². The molecule has 12 heavy (non-hydrogen) atoms. The Kier molecular flexibility index (Phi) is 1.80. The van der Waals surface area contributed by atoms with Crippen molar-refractivity contribution in [3.05, 3.63) is 35.9 Å². The Balaban J connectivity index is 2.14. The lowest BCUT2D eigenvalue weighted by Crippen LogP contribution is -2.54. The topological polar surface area (TPSA) is 32.3 Å². The van der Waals surface area contributed by atoms with Crippen molar-refractivity contribution in [3.63, 3.8) is 0 Å². The molecule has 1 amide bonds. The van der Waals surface area contributed by atoms with Gasteiger partial charge in [0.05, 0.1) is 13.3 Å². The van der Waals surface area contributed by atoms with Gasteiger partial charge in [-0.1, -0.05) is 18.2 Å². The van der Waals surface area contributed by atoms with E-state index in [9.17, 15) is 4.79 Å². The first kappa shape index (κ1) is 7.31. The summed E-state index contributed by atoms with van der Waals surface area (Å²) in [6, 6.07) is 9.33. The summed E-state index contributed by atoms with van der Waals surface area (Å²) in [5.74, 6) is 0.106. The first-order valence-corrected chi connectivity index (χ1v) is 3.93. The van der Waals surface area contributed by atoms with E-state index in [0.29, 0.717) is 13.3 Å². The molecule has 1 saturated heterocycles. The number of amides is 1. The van der Waals surface area contributed by atoms with Crippen molar-refractivity contribution in [2.75, 3.05) is 13.3 Å². The lowest BCUT2D eigenvalue weighted by molar-refractivity contribution is 0.0582. The van der Waals surface area contributed by atoms with Gasteiger partial charge in [0.1, 0.15) is 0 Å². The van der Waals surface area contributed by atoms with Crippen LogP contribution in [0.2, 0.25) is 0 Å². The summed E-state index contributed by atoms with van der Waals surface area (Å²) in [5.41, 5.74) is 0.763. The normalized spacial score (nSPS) is 15.5. The maximum atomic E-state index is 11.5. The number of carbonyl (C=O) groups excluding carboxylic acids is 1. The smallest absolute Gasteiger partial charge is 0.255 e. The second kappa shape index (κ2) is 2.95. The predicted molar refractivity (Wildman–Crippen MR) is 45.5 cm³/mol. The summed E-state index contributed by atoms with van der Waals surface area (Å²) >= 11 is 0. The van der Waals surface area contributed by atoms with Crippen LogP contribution in [0.4, 0.5) is 0 Å². The van der Waals surface area contributed by atoms with E-state index >= 15 is 0 Å². The second-order valence-electron chi connectivity index (χ2n) is 2.78. The number of nitrogens with one attached hydrogen (secondary N) is 1. The highest BCUT2D eigenvalue weighted by Crippen LogP contribution is 2.05. The van der Waals surface area contributed by atoms with E-state index in [0.717, 1.165) is 5.56 Å². The molecule has 1 N–H and O–H groups in total. The zero-order chi connectivity index (χ0) is 8.39. The van der Waals surface area contributed by atoms with E-state index in [1.807, 2.05) is 30.3 Å². The van der Waals surface area contributed by atoms with Gasteiger partial charge in [0.15, 0.2) is 0 Å². The lowest BCUT2D eigenvalue weighted by Gasteiger charge is -2.32. The highest BCUT2D eigenvalue weighted by atomic mass is 16.2. The molecular formula is C9H10N2O. The summed E-state index contributed by atoms with van der Waals surface area (Å²) in [6.07, 6.45) is 0. The van der Waals surface area contributed by atoms with Gasteiger partial charge in [-0.25, -0.2) is 0 Å². The molecule has 0 radical (unpaired) electrons. The molecule has 0 saturated carbocycles. The molecule has 0 atom stereocenters. The summed E-state index contributed by atoms with van der Waals surface area (Å²) in [7, 11) is 0. The summed E-state index contributed by atoms with van der Waals surface area (Å²) in [6.45, 7) is 1.35. The molecule has 0 spiro atoms. The fourth-order valence-corrected chi connectivity index (χ4v) is 1.13. The van der Waals surface area contributed by atoms with E-state index in [2.05, 4.69) is 5.32 Å². The van der Waals surface area contributed by atoms with Gasteiger partial charge in [-0.15, -0.1) is 0 Å². The molecule has 0 bridgehead atoms. The van der Waals surface area contributed by atoms with Crippen LogP contribution in [-0.2, 0) is 0 Å². The van der Waals surface area contributed by atoms with E-state index in [-0.39, 0.29) is 5.91 Å². The van der Waals surface area contributed by atoms with Crippen molar-refractivity contribution in [2.24, 2.45) is 0 Å². The molecule has 1 aliphatic rings. The van der Waals surface area contributed by atoms with Crippen LogP contribution in [0.5, 0.6) is 0 Å². The predicted octanol–water partition coefficient (Wildman–Crippen LogP) is 0.647. The molecule has 1 fully saturated rings. The Labute approximate surface area is 71.0 Å². The molecule has 2 rings (SSSR count). The molecule has 1 aromatic rings. The lowest BCUT2D eigenvalue weighted by atomic mass is 10.2. The number of carbonyl (C=O) groups is 1. The summed E-state index contributed by atoms with van der Waals surface area (Å²) in [4.78, 5) is 13.3. The quantitative estimate of drug-likeness (QED) is 0.657. The van der Waals surface area contributed by atoms with E-state index < -0.39 is 0 Å². The third kappa shape index (κ3) is 1.19. The average molecular weight is 162 g/mol. The van der Waals surface area contributed by atoms with Gasteiger partial charge >= 0.3 is 0 Å². The summed E-state index contributed by atoms with van der Waals surface area (Å²) < 4.78 is 0. The fourth-order valence-electron chi connectivity index (χ4n) is 1.13. The Morgan fingerprint density at radius 3 is 2.42 bits per heavy atom. The SMILES string of the molecule is O=C(c1ccccc1)N1CNC1. The van der Waals surface area contributed by atoms with Crippen molar-refractivity contribution < 1.29 is 4.79 Å². The van der Waals surface area contributed by atoms with Gasteiger partial charge in [-0.3, -0.25) is 10.1 Å². The zero-order valence-electron chi connectivity index (χ0n) is 6.66. The van der Waals surface area contributed by atoms with Gasteiger partial charge in [0, 0.05) is 5.56 Å². The first-order chi connectivity index (χ1) is 5.88. The van der Waals surface area contributed by atoms with Crippen molar-refractivity contribution in [2.45, 2.75) is 0 Å². The van der Waals surface area contributed by atoms with Crippen LogP contribution in [0.15, 0.2) is 30.3 Å². The molecule has 0 aromatic heterocycles. The number of rotatable bonds is 1. The Morgan fingerprint density at radius 1 is 1.25 bits per heavy atom. The summed E-state index contributed by atoms with van der Waals surface area (Å²) in [5, 5.41) is 3.02. The van der Waals surface area contributed by atoms with Crippen LogP contribution in [-0.4, -0.2) is 24.1 Å². The highest BCUT2D eigenvalue weighted by Gasteiger charge is 2.20. The fraction of sp³-hybridized carbons (Fsp3) is 0.222. The maximum Gasteiger partial charge on any atom is 0.255 e. The van der Waals surface area contributed by atoms with E-state index in [1.165, 1.54) is 0 Å². The molecule has 3 heteroatoms. The molecule has 1 heterocycles. The Bertz CT molecular complexity index is 280. The van der Waals surface area contributed by atoms with E-state index in [4.69, 9.17) is 0 Å². The molecule has 62 valence electrons. The minimum atomic E-state index is 0.106. The van der Waals surface area contributed by atoms with Crippen LogP contribution in [0.3, 0.4) is 0 Å². The third-order valence-electron chi connectivity index (χ3n) is 1.91. The maximum absolute atomic E-state index is 11.5. The van der Waals surface area contributed by atoms with Crippen molar-refractivity contribution in [1.82, 2.24) is 10.2 Å². The van der Waals surface area contributed by atoms with Crippen LogP contribution >= 0.6 is 0 Å². The number of hydrogen-bond acceptors (Lipinski definition) is 2. The molecule has 3 nitrogen and oxygen atoms in total. The van der Waals surface area contributed by atoms with Crippen molar-refractivity contribution >= 4 is 5.91 Å². The van der Waals surface area contributed by atoms with Gasteiger partial charge < -0.3 is 4.90 Å². The third-order valence-corrected chi connectivity index (χ3v) is 1.91. The largest absolute Gasteiger partial charge is 0.313 e. The van der Waals surface area contributed by atoms with Crippen LogP contribution in [0.1, 0.15) is 10.4 Å². The van der Waals surface area contributed by atoms with Crippen LogP contribution in [0, 0.1) is 0 Å². The van der Waals surface area contributed by atoms with Crippen molar-refractivity contribution in [1.29, 1.82) is 0 Å². The van der Waals surface area contributed by atoms with E-state index in [1.54, 1.807) is 4.90 Å². The standard InChI is InChI=1S/C9H10N2O/c12-9(11-6-10-7-11)8-4-2-1-3-5-8/h1-5,10H,6-7H2. The van der Waals surface area contributed by atoms with Gasteiger partial charge in [0.25, 0.3) is 5.91 Å². The van der Waals surface area contributed by atoms with Gasteiger partial charge in [0.2, 0.25) is 0 Å². The van der Waals surface area contributed by atoms with Crippen LogP contribution < -0.4 is 5.32 Å². The van der Waals surface area contributed by atoms with Gasteiger partial charge in [-0.2, -0.15) is 0 Å². The molecule has 1 aliphatic heterocycles. The molecule has 0 aliphatic carbocycles. The number of hydrogen-bond donors (Lipinski definition) is 1. The monoisotopic (exact) mass is 162 g/mol. The second-order valence-corrected chi connectivity index (χ2v) is 2.78. The Morgan fingerprint density at radius 2 is 1.92 bits per heavy atom. The highest BCUT2D eigenvalue weighted by molar-refractivity contribution is 5.94. The Hall–Kier alpha value is -1.35. The molecule has 1 aromatic carbocycles. The van der Waals surface area contributed by atoms with Crippen molar-refractivity contribution in [3.8, 4) is 0 Å².